The van der Waals surface area contributed by atoms with Gasteiger partial charge in [0.1, 0.15) is 18.0 Å². The number of ether oxygens (including phenoxy) is 1. The van der Waals surface area contributed by atoms with Crippen LogP contribution in [-0.2, 0) is 14.4 Å². The van der Waals surface area contributed by atoms with Crippen molar-refractivity contribution < 1.29 is 23.9 Å². The topological polar surface area (TPSA) is 117 Å². The molecule has 3 aromatic rings. The largest absolute Gasteiger partial charge is 0.483 e. The molecule has 1 saturated heterocycles. The summed E-state index contributed by atoms with van der Waals surface area (Å²) in [6.45, 7) is 3.19. The molecule has 9 heteroatoms. The molecule has 3 N–H and O–H groups in total. The number of carbonyl (C=O) groups is 4. The van der Waals surface area contributed by atoms with E-state index >= 15 is 0 Å². The number of hydrogen-bond acceptors (Lipinski definition) is 5. The zero-order valence-corrected chi connectivity index (χ0v) is 20.4. The number of anilines is 2. The van der Waals surface area contributed by atoms with Crippen LogP contribution in [0.4, 0.5) is 16.2 Å². The first-order chi connectivity index (χ1) is 17.8. The monoisotopic (exact) mass is 498 g/mol. The molecule has 0 atom stereocenters. The molecule has 4 rings (SSSR count). The van der Waals surface area contributed by atoms with E-state index in [4.69, 9.17) is 4.74 Å². The Morgan fingerprint density at radius 1 is 0.838 bits per heavy atom. The number of para-hydroxylation sites is 1. The maximum atomic E-state index is 12.8. The van der Waals surface area contributed by atoms with Crippen LogP contribution in [0.15, 0.2) is 78.5 Å². The standard InChI is InChI=1S/C28H26N4O5/c1-18-7-11-21(12-8-18)29-25(33)16-32-27(35)23(31-28(32)36)15-20-5-3-4-6-24(20)37-17-26(34)30-22-13-9-19(2)10-14-22/h3-15H,16-17H2,1-2H3,(H,29,33)(H,30,34)(H,31,36)/b23-15+. The summed E-state index contributed by atoms with van der Waals surface area (Å²) in [6, 6.07) is 20.6. The van der Waals surface area contributed by atoms with Crippen LogP contribution in [0.5, 0.6) is 5.75 Å². The summed E-state index contributed by atoms with van der Waals surface area (Å²) in [4.78, 5) is 50.8. The van der Waals surface area contributed by atoms with Crippen LogP contribution in [-0.4, -0.2) is 41.8 Å². The summed E-state index contributed by atoms with van der Waals surface area (Å²) in [5, 5.41) is 7.91. The molecule has 9 nitrogen and oxygen atoms in total. The molecule has 0 aliphatic carbocycles. The average Bonchev–Trinajstić information content (AvgIpc) is 3.13. The Kier molecular flexibility index (Phi) is 7.63. The number of amides is 5. The van der Waals surface area contributed by atoms with Crippen LogP contribution in [0.2, 0.25) is 0 Å². The minimum Gasteiger partial charge on any atom is -0.483 e. The van der Waals surface area contributed by atoms with E-state index < -0.39 is 24.4 Å². The van der Waals surface area contributed by atoms with Crippen LogP contribution in [0.3, 0.4) is 0 Å². The van der Waals surface area contributed by atoms with Crippen molar-refractivity contribution in [2.75, 3.05) is 23.8 Å². The van der Waals surface area contributed by atoms with Crippen LogP contribution >= 0.6 is 0 Å². The van der Waals surface area contributed by atoms with Gasteiger partial charge in [-0.2, -0.15) is 0 Å². The normalized spacial score (nSPS) is 13.9. The molecule has 0 saturated carbocycles. The van der Waals surface area contributed by atoms with Gasteiger partial charge in [-0.1, -0.05) is 53.6 Å². The first-order valence-corrected chi connectivity index (χ1v) is 11.6. The van der Waals surface area contributed by atoms with Crippen LogP contribution in [0.25, 0.3) is 6.08 Å². The summed E-state index contributed by atoms with van der Waals surface area (Å²) in [5.74, 6) is -1.14. The molecule has 0 spiro atoms. The van der Waals surface area contributed by atoms with Crippen molar-refractivity contribution in [1.29, 1.82) is 0 Å². The van der Waals surface area contributed by atoms with Crippen molar-refractivity contribution >= 4 is 41.2 Å². The van der Waals surface area contributed by atoms with Crippen molar-refractivity contribution in [1.82, 2.24) is 10.2 Å². The molecule has 1 aliphatic rings. The van der Waals surface area contributed by atoms with Gasteiger partial charge >= 0.3 is 6.03 Å². The number of carbonyl (C=O) groups excluding carboxylic acids is 4. The minimum absolute atomic E-state index is 0.00621. The Balaban J connectivity index is 1.39. The second-order valence-corrected chi connectivity index (χ2v) is 8.53. The van der Waals surface area contributed by atoms with Gasteiger partial charge in [-0.05, 0) is 50.3 Å². The smallest absolute Gasteiger partial charge is 0.329 e. The molecule has 188 valence electrons. The van der Waals surface area contributed by atoms with Crippen LogP contribution in [0.1, 0.15) is 16.7 Å². The lowest BCUT2D eigenvalue weighted by Crippen LogP contribution is -2.38. The fourth-order valence-corrected chi connectivity index (χ4v) is 3.56. The van der Waals surface area contributed by atoms with Gasteiger partial charge in [0.05, 0.1) is 0 Å². The van der Waals surface area contributed by atoms with E-state index in [2.05, 4.69) is 16.0 Å². The first kappa shape index (κ1) is 25.2. The van der Waals surface area contributed by atoms with Gasteiger partial charge in [0, 0.05) is 16.9 Å². The van der Waals surface area contributed by atoms with Crippen molar-refractivity contribution in [2.24, 2.45) is 0 Å². The second kappa shape index (κ2) is 11.2. The summed E-state index contributed by atoms with van der Waals surface area (Å²) in [5.41, 5.74) is 3.82. The molecular weight excluding hydrogens is 472 g/mol. The Hall–Kier alpha value is -4.92. The summed E-state index contributed by atoms with van der Waals surface area (Å²) in [6.07, 6.45) is 1.45. The lowest BCUT2D eigenvalue weighted by atomic mass is 10.1. The number of nitrogens with zero attached hydrogens (tertiary/aromatic N) is 1. The molecule has 0 unspecified atom stereocenters. The van der Waals surface area contributed by atoms with Gasteiger partial charge in [-0.15, -0.1) is 0 Å². The molecule has 1 aliphatic heterocycles. The molecule has 0 aromatic heterocycles. The van der Waals surface area contributed by atoms with Gasteiger partial charge in [-0.25, -0.2) is 9.69 Å². The summed E-state index contributed by atoms with van der Waals surface area (Å²) in [7, 11) is 0. The number of rotatable bonds is 8. The van der Waals surface area contributed by atoms with Crippen molar-refractivity contribution in [3.8, 4) is 5.75 Å². The van der Waals surface area contributed by atoms with E-state index in [-0.39, 0.29) is 18.2 Å². The fraction of sp³-hybridized carbons (Fsp3) is 0.143. The third-order valence-electron chi connectivity index (χ3n) is 5.51. The number of benzene rings is 3. The predicted molar refractivity (Wildman–Crippen MR) is 140 cm³/mol. The molecule has 1 fully saturated rings. The second-order valence-electron chi connectivity index (χ2n) is 8.53. The van der Waals surface area contributed by atoms with E-state index in [1.807, 2.05) is 38.1 Å². The molecule has 5 amide bonds. The SMILES string of the molecule is Cc1ccc(NC(=O)COc2ccccc2/C=C2/NC(=O)N(CC(=O)Nc3ccc(C)cc3)C2=O)cc1. The zero-order valence-electron chi connectivity index (χ0n) is 20.4. The van der Waals surface area contributed by atoms with Gasteiger partial charge in [-0.3, -0.25) is 14.4 Å². The summed E-state index contributed by atoms with van der Waals surface area (Å²) < 4.78 is 5.68. The third kappa shape index (κ3) is 6.61. The summed E-state index contributed by atoms with van der Waals surface area (Å²) >= 11 is 0. The van der Waals surface area contributed by atoms with Gasteiger partial charge in [0.15, 0.2) is 6.61 Å². The molecular formula is C28H26N4O5. The van der Waals surface area contributed by atoms with Gasteiger partial charge in [0.2, 0.25) is 5.91 Å². The fourth-order valence-electron chi connectivity index (χ4n) is 3.56. The molecule has 3 aromatic carbocycles. The Bertz CT molecular complexity index is 1360. The lowest BCUT2D eigenvalue weighted by Gasteiger charge is -2.12. The number of nitrogens with one attached hydrogen (secondary N) is 3. The van der Waals surface area contributed by atoms with E-state index in [9.17, 15) is 19.2 Å². The highest BCUT2D eigenvalue weighted by Crippen LogP contribution is 2.23. The van der Waals surface area contributed by atoms with E-state index in [1.54, 1.807) is 48.5 Å². The molecule has 37 heavy (non-hydrogen) atoms. The highest BCUT2D eigenvalue weighted by atomic mass is 16.5. The number of urea groups is 1. The van der Waals surface area contributed by atoms with Gasteiger partial charge in [0.25, 0.3) is 11.8 Å². The Morgan fingerprint density at radius 2 is 1.41 bits per heavy atom. The Labute approximate surface area is 214 Å². The highest BCUT2D eigenvalue weighted by Gasteiger charge is 2.35. The van der Waals surface area contributed by atoms with Crippen molar-refractivity contribution in [2.45, 2.75) is 13.8 Å². The first-order valence-electron chi connectivity index (χ1n) is 11.6. The molecule has 0 radical (unpaired) electrons. The van der Waals surface area contributed by atoms with Crippen molar-refractivity contribution in [3.63, 3.8) is 0 Å². The molecule has 1 heterocycles. The van der Waals surface area contributed by atoms with Crippen LogP contribution in [0, 0.1) is 13.8 Å². The Morgan fingerprint density at radius 3 is 2.03 bits per heavy atom. The number of aryl methyl sites for hydroxylation is 2. The third-order valence-corrected chi connectivity index (χ3v) is 5.51. The highest BCUT2D eigenvalue weighted by molar-refractivity contribution is 6.16. The van der Waals surface area contributed by atoms with Crippen LogP contribution < -0.4 is 20.7 Å². The average molecular weight is 499 g/mol. The van der Waals surface area contributed by atoms with E-state index in [0.29, 0.717) is 22.7 Å². The number of hydrogen-bond donors (Lipinski definition) is 3. The predicted octanol–water partition coefficient (Wildman–Crippen LogP) is 3.85. The molecule has 0 bridgehead atoms. The van der Waals surface area contributed by atoms with Crippen molar-refractivity contribution in [3.05, 3.63) is 95.2 Å². The zero-order chi connectivity index (χ0) is 26.4. The van der Waals surface area contributed by atoms with E-state index in [0.717, 1.165) is 16.0 Å². The quantitative estimate of drug-likeness (QED) is 0.322. The van der Waals surface area contributed by atoms with Gasteiger partial charge < -0.3 is 20.7 Å². The van der Waals surface area contributed by atoms with E-state index in [1.165, 1.54) is 6.08 Å². The maximum absolute atomic E-state index is 12.8. The maximum Gasteiger partial charge on any atom is 0.329 e. The lowest BCUT2D eigenvalue weighted by molar-refractivity contribution is -0.127. The number of imide groups is 1. The minimum atomic E-state index is -0.703.